The quantitative estimate of drug-likeness (QED) is 0.424. The summed E-state index contributed by atoms with van der Waals surface area (Å²) in [5.74, 6) is -0.248. The van der Waals surface area contributed by atoms with Gasteiger partial charge in [-0.25, -0.2) is 8.42 Å². The normalized spacial score (nSPS) is 41.1. The molecule has 2 atom stereocenters. The molecular formula is C4H9NO3S. The van der Waals surface area contributed by atoms with E-state index in [1.165, 1.54) is 0 Å². The van der Waals surface area contributed by atoms with E-state index in [2.05, 4.69) is 0 Å². The van der Waals surface area contributed by atoms with Crippen molar-refractivity contribution in [2.45, 2.75) is 12.1 Å². The van der Waals surface area contributed by atoms with Crippen molar-refractivity contribution in [3.63, 3.8) is 0 Å². The second-order valence-corrected chi connectivity index (χ2v) is 4.46. The van der Waals surface area contributed by atoms with Gasteiger partial charge in [0.05, 0.1) is 17.6 Å². The zero-order valence-electron chi connectivity index (χ0n) is 4.82. The van der Waals surface area contributed by atoms with Gasteiger partial charge < -0.3 is 10.8 Å². The van der Waals surface area contributed by atoms with Gasteiger partial charge in [-0.05, 0) is 0 Å². The lowest BCUT2D eigenvalue weighted by atomic mass is 10.2. The molecule has 0 aromatic rings. The minimum absolute atomic E-state index is 0.0752. The van der Waals surface area contributed by atoms with Crippen LogP contribution in [0.25, 0.3) is 0 Å². The Morgan fingerprint density at radius 3 is 2.11 bits per heavy atom. The Labute approximate surface area is 53.6 Å². The van der Waals surface area contributed by atoms with Gasteiger partial charge in [0.25, 0.3) is 0 Å². The molecular weight excluding hydrogens is 142 g/mol. The van der Waals surface area contributed by atoms with Crippen molar-refractivity contribution in [2.75, 3.05) is 11.5 Å². The third-order valence-corrected chi connectivity index (χ3v) is 3.11. The molecule has 0 unspecified atom stereocenters. The SMILES string of the molecule is N[C@@H]1CS(=O)(=O)C[C@@H]1O. The Morgan fingerprint density at radius 2 is 2.00 bits per heavy atom. The third kappa shape index (κ3) is 1.41. The van der Waals surface area contributed by atoms with Gasteiger partial charge in [-0.1, -0.05) is 0 Å². The molecule has 0 saturated carbocycles. The molecule has 1 aliphatic heterocycles. The maximum Gasteiger partial charge on any atom is 0.154 e. The molecule has 1 fully saturated rings. The number of rotatable bonds is 0. The van der Waals surface area contributed by atoms with E-state index in [0.717, 1.165) is 0 Å². The van der Waals surface area contributed by atoms with Gasteiger partial charge in [-0.3, -0.25) is 0 Å². The summed E-state index contributed by atoms with van der Waals surface area (Å²) in [6.45, 7) is 0. The largest absolute Gasteiger partial charge is 0.390 e. The summed E-state index contributed by atoms with van der Waals surface area (Å²) in [6, 6.07) is -0.574. The Morgan fingerprint density at radius 1 is 1.44 bits per heavy atom. The number of hydrogen-bond acceptors (Lipinski definition) is 4. The summed E-state index contributed by atoms with van der Waals surface area (Å²) in [4.78, 5) is 0. The fourth-order valence-electron chi connectivity index (χ4n) is 0.856. The summed E-state index contributed by atoms with van der Waals surface area (Å²) >= 11 is 0. The van der Waals surface area contributed by atoms with E-state index in [1.54, 1.807) is 0 Å². The van der Waals surface area contributed by atoms with Gasteiger partial charge in [0, 0.05) is 6.04 Å². The van der Waals surface area contributed by atoms with E-state index in [0.29, 0.717) is 0 Å². The van der Waals surface area contributed by atoms with E-state index in [1.807, 2.05) is 0 Å². The standard InChI is InChI=1S/C4H9NO3S/c5-3-1-9(7,8)2-4(3)6/h3-4,6H,1-2,5H2/t3-,4+/m1/s1. The molecule has 1 rings (SSSR count). The highest BCUT2D eigenvalue weighted by atomic mass is 32.2. The van der Waals surface area contributed by atoms with E-state index >= 15 is 0 Å². The highest BCUT2D eigenvalue weighted by Gasteiger charge is 2.33. The van der Waals surface area contributed by atoms with Crippen molar-refractivity contribution < 1.29 is 13.5 Å². The van der Waals surface area contributed by atoms with E-state index in [4.69, 9.17) is 10.8 Å². The molecule has 4 nitrogen and oxygen atoms in total. The second-order valence-electron chi connectivity index (χ2n) is 2.31. The van der Waals surface area contributed by atoms with Crippen LogP contribution in [0, 0.1) is 0 Å². The molecule has 5 heteroatoms. The number of nitrogens with two attached hydrogens (primary N) is 1. The van der Waals surface area contributed by atoms with Crippen LogP contribution in [0.3, 0.4) is 0 Å². The summed E-state index contributed by atoms with van der Waals surface area (Å²) in [5, 5.41) is 8.83. The first-order valence-electron chi connectivity index (χ1n) is 2.65. The minimum Gasteiger partial charge on any atom is -0.390 e. The van der Waals surface area contributed by atoms with Crippen LogP contribution in [0.15, 0.2) is 0 Å². The predicted molar refractivity (Wildman–Crippen MR) is 32.6 cm³/mol. The lowest BCUT2D eigenvalue weighted by Gasteiger charge is -2.02. The first-order valence-corrected chi connectivity index (χ1v) is 4.47. The number of sulfone groups is 1. The highest BCUT2D eigenvalue weighted by Crippen LogP contribution is 2.09. The molecule has 1 saturated heterocycles. The topological polar surface area (TPSA) is 80.4 Å². The van der Waals surface area contributed by atoms with E-state index in [9.17, 15) is 8.42 Å². The lowest BCUT2D eigenvalue weighted by Crippen LogP contribution is -2.32. The zero-order chi connectivity index (χ0) is 7.07. The number of aliphatic hydroxyl groups excluding tert-OH is 1. The molecule has 0 radical (unpaired) electrons. The molecule has 0 aromatic heterocycles. The maximum atomic E-state index is 10.6. The molecule has 54 valence electrons. The van der Waals surface area contributed by atoms with E-state index in [-0.39, 0.29) is 11.5 Å². The van der Waals surface area contributed by atoms with E-state index < -0.39 is 22.0 Å². The van der Waals surface area contributed by atoms with Gasteiger partial charge in [0.1, 0.15) is 0 Å². The summed E-state index contributed by atoms with van der Waals surface area (Å²) < 4.78 is 21.2. The third-order valence-electron chi connectivity index (χ3n) is 1.37. The first kappa shape index (κ1) is 6.98. The molecule has 0 amide bonds. The molecule has 9 heavy (non-hydrogen) atoms. The van der Waals surface area contributed by atoms with Gasteiger partial charge in [-0.2, -0.15) is 0 Å². The van der Waals surface area contributed by atoms with Crippen molar-refractivity contribution in [3.8, 4) is 0 Å². The predicted octanol–water partition coefficient (Wildman–Crippen LogP) is -1.90. The second kappa shape index (κ2) is 1.93. The van der Waals surface area contributed by atoms with Crippen LogP contribution < -0.4 is 5.73 Å². The van der Waals surface area contributed by atoms with Crippen LogP contribution in [-0.4, -0.2) is 37.2 Å². The van der Waals surface area contributed by atoms with Crippen molar-refractivity contribution in [3.05, 3.63) is 0 Å². The average Bonchev–Trinajstić information content (AvgIpc) is 1.79. The van der Waals surface area contributed by atoms with Crippen LogP contribution in [0.2, 0.25) is 0 Å². The zero-order valence-corrected chi connectivity index (χ0v) is 5.63. The van der Waals surface area contributed by atoms with Gasteiger partial charge in [-0.15, -0.1) is 0 Å². The van der Waals surface area contributed by atoms with Crippen molar-refractivity contribution in [2.24, 2.45) is 5.73 Å². The fourth-order valence-corrected chi connectivity index (χ4v) is 2.57. The van der Waals surface area contributed by atoms with Gasteiger partial charge in [0.2, 0.25) is 0 Å². The highest BCUT2D eigenvalue weighted by molar-refractivity contribution is 7.91. The summed E-state index contributed by atoms with van der Waals surface area (Å²) in [7, 11) is -3.02. The van der Waals surface area contributed by atoms with Crippen molar-refractivity contribution >= 4 is 9.84 Å². The average molecular weight is 151 g/mol. The first-order chi connectivity index (χ1) is 4.01. The van der Waals surface area contributed by atoms with Gasteiger partial charge >= 0.3 is 0 Å². The summed E-state index contributed by atoms with van der Waals surface area (Å²) in [6.07, 6.45) is -0.852. The molecule has 1 aliphatic rings. The molecule has 0 aliphatic carbocycles. The summed E-state index contributed by atoms with van der Waals surface area (Å²) in [5.41, 5.74) is 5.22. The number of hydrogen-bond donors (Lipinski definition) is 2. The fraction of sp³-hybridized carbons (Fsp3) is 1.00. The monoisotopic (exact) mass is 151 g/mol. The van der Waals surface area contributed by atoms with Crippen LogP contribution >= 0.6 is 0 Å². The van der Waals surface area contributed by atoms with Crippen LogP contribution in [0.1, 0.15) is 0 Å². The maximum absolute atomic E-state index is 10.6. The minimum atomic E-state index is -3.02. The Bertz CT molecular complexity index is 182. The van der Waals surface area contributed by atoms with Gasteiger partial charge in [0.15, 0.2) is 9.84 Å². The van der Waals surface area contributed by atoms with Crippen LogP contribution in [0.5, 0.6) is 0 Å². The smallest absolute Gasteiger partial charge is 0.154 e. The van der Waals surface area contributed by atoms with Crippen molar-refractivity contribution in [1.29, 1.82) is 0 Å². The lowest BCUT2D eigenvalue weighted by molar-refractivity contribution is 0.183. The Hall–Kier alpha value is -0.130. The number of aliphatic hydroxyl groups is 1. The Kier molecular flexibility index (Phi) is 1.50. The molecule has 0 bridgehead atoms. The Balaban J connectivity index is 2.77. The van der Waals surface area contributed by atoms with Crippen molar-refractivity contribution in [1.82, 2.24) is 0 Å². The van der Waals surface area contributed by atoms with Crippen LogP contribution in [0.4, 0.5) is 0 Å². The molecule has 3 N–H and O–H groups in total. The molecule has 0 spiro atoms. The molecule has 0 aromatic carbocycles. The molecule has 1 heterocycles. The van der Waals surface area contributed by atoms with Crippen LogP contribution in [-0.2, 0) is 9.84 Å².